The number of hydrogen-bond donors (Lipinski definition) is 0. The zero-order chi connectivity index (χ0) is 15.6. The van der Waals surface area contributed by atoms with E-state index in [-0.39, 0.29) is 0 Å². The molecule has 0 saturated heterocycles. The van der Waals surface area contributed by atoms with Gasteiger partial charge in [0.25, 0.3) is 0 Å². The van der Waals surface area contributed by atoms with Crippen molar-refractivity contribution in [3.05, 3.63) is 69.8 Å². The van der Waals surface area contributed by atoms with Gasteiger partial charge >= 0.3 is 140 Å². The van der Waals surface area contributed by atoms with Gasteiger partial charge in [0.15, 0.2) is 0 Å². The summed E-state index contributed by atoms with van der Waals surface area (Å²) in [5.41, 5.74) is 7.82. The van der Waals surface area contributed by atoms with E-state index in [1.54, 1.807) is 0 Å². The molecule has 0 aliphatic carbocycles. The third-order valence-corrected chi connectivity index (χ3v) is 12.9. The second-order valence-electron chi connectivity index (χ2n) is 6.05. The summed E-state index contributed by atoms with van der Waals surface area (Å²) >= 11 is -3.11. The summed E-state index contributed by atoms with van der Waals surface area (Å²) in [6, 6.07) is 13.1. The minimum atomic E-state index is -3.11. The van der Waals surface area contributed by atoms with E-state index in [0.717, 1.165) is 8.87 Å². The molecule has 0 spiro atoms. The normalized spacial score (nSPS) is 11.7. The first-order valence-electron chi connectivity index (χ1n) is 7.27. The predicted octanol–water partition coefficient (Wildman–Crippen LogP) is 5.70. The quantitative estimate of drug-likeness (QED) is 0.549. The second-order valence-corrected chi connectivity index (χ2v) is 24.0. The molecule has 0 N–H and O–H groups in total. The van der Waals surface area contributed by atoms with Crippen molar-refractivity contribution in [1.82, 2.24) is 0 Å². The molecule has 3 heteroatoms. The van der Waals surface area contributed by atoms with E-state index in [1.807, 2.05) is 0 Å². The Balaban J connectivity index is 2.13. The molecule has 0 amide bonds. The molecule has 0 unspecified atom stereocenters. The molecule has 112 valence electrons. The SMILES string of the molecule is Cc1ccc([CH2][Sn]([Cl])([Cl])[CH2]c2ccc(C)c(C)c2)cc1C. The monoisotopic (exact) mass is 428 g/mol. The Hall–Kier alpha value is -0.181. The van der Waals surface area contributed by atoms with Crippen molar-refractivity contribution in [1.29, 1.82) is 0 Å². The fourth-order valence-electron chi connectivity index (χ4n) is 2.49. The summed E-state index contributed by atoms with van der Waals surface area (Å²) in [5.74, 6) is 0. The Kier molecular flexibility index (Phi) is 5.67. The van der Waals surface area contributed by atoms with Crippen LogP contribution in [0, 0.1) is 27.7 Å². The molecule has 0 radical (unpaired) electrons. The summed E-state index contributed by atoms with van der Waals surface area (Å²) in [7, 11) is 13.5. The third-order valence-electron chi connectivity index (χ3n) is 4.07. The van der Waals surface area contributed by atoms with E-state index in [2.05, 4.69) is 64.1 Å². The molecule has 0 aromatic heterocycles. The van der Waals surface area contributed by atoms with Crippen LogP contribution in [0.1, 0.15) is 33.4 Å². The van der Waals surface area contributed by atoms with Crippen LogP contribution < -0.4 is 0 Å². The van der Waals surface area contributed by atoms with Gasteiger partial charge < -0.3 is 0 Å². The van der Waals surface area contributed by atoms with Gasteiger partial charge in [-0.1, -0.05) is 0 Å². The first-order chi connectivity index (χ1) is 9.77. The van der Waals surface area contributed by atoms with Crippen LogP contribution in [0.2, 0.25) is 0 Å². The maximum atomic E-state index is 6.76. The molecule has 0 atom stereocenters. The summed E-state index contributed by atoms with van der Waals surface area (Å²) < 4.78 is 1.73. The van der Waals surface area contributed by atoms with Gasteiger partial charge in [0.2, 0.25) is 0 Å². The van der Waals surface area contributed by atoms with Gasteiger partial charge in [0.05, 0.1) is 0 Å². The first-order valence-corrected chi connectivity index (χ1v) is 18.5. The third kappa shape index (κ3) is 4.90. The van der Waals surface area contributed by atoms with Crippen LogP contribution in [0.15, 0.2) is 36.4 Å². The van der Waals surface area contributed by atoms with Crippen molar-refractivity contribution in [2.24, 2.45) is 0 Å². The minimum absolute atomic E-state index is 0.867. The van der Waals surface area contributed by atoms with Gasteiger partial charge in [-0.25, -0.2) is 0 Å². The molecule has 21 heavy (non-hydrogen) atoms. The van der Waals surface area contributed by atoms with Gasteiger partial charge in [0.1, 0.15) is 0 Å². The van der Waals surface area contributed by atoms with Gasteiger partial charge in [-0.05, 0) is 0 Å². The molecule has 2 aromatic rings. The molecular weight excluding hydrogens is 406 g/mol. The van der Waals surface area contributed by atoms with E-state index >= 15 is 0 Å². The molecule has 2 rings (SSSR count). The van der Waals surface area contributed by atoms with E-state index in [1.165, 1.54) is 33.4 Å². The molecule has 0 fully saturated rings. The number of halogens is 2. The van der Waals surface area contributed by atoms with Crippen LogP contribution in [0.25, 0.3) is 0 Å². The topological polar surface area (TPSA) is 0 Å². The van der Waals surface area contributed by atoms with Crippen molar-refractivity contribution in [2.75, 3.05) is 0 Å². The van der Waals surface area contributed by atoms with Gasteiger partial charge in [-0.3, -0.25) is 0 Å². The predicted molar refractivity (Wildman–Crippen MR) is 96.7 cm³/mol. The summed E-state index contributed by atoms with van der Waals surface area (Å²) in [6.07, 6.45) is 0. The molecule has 0 aliphatic heterocycles. The Morgan fingerprint density at radius 2 is 1.05 bits per heavy atom. The van der Waals surface area contributed by atoms with Crippen LogP contribution in [-0.2, 0) is 8.87 Å². The van der Waals surface area contributed by atoms with Crippen molar-refractivity contribution in [3.63, 3.8) is 0 Å². The zero-order valence-electron chi connectivity index (χ0n) is 13.1. The molecule has 0 heterocycles. The Morgan fingerprint density at radius 3 is 1.38 bits per heavy atom. The standard InChI is InChI=1S/2C9H11.2ClH.Sn/c2*1-7-4-5-8(2)9(3)6-7;;;/h2*4-6H,1H2,2-3H3;2*1H;/q;;;;+2/p-2. The van der Waals surface area contributed by atoms with E-state index in [9.17, 15) is 0 Å². The molecule has 0 bridgehead atoms. The molecule has 0 nitrogen and oxygen atoms in total. The van der Waals surface area contributed by atoms with Crippen LogP contribution in [0.3, 0.4) is 0 Å². The first kappa shape index (κ1) is 17.2. The summed E-state index contributed by atoms with van der Waals surface area (Å²) in [4.78, 5) is 0. The fraction of sp³-hybridized carbons (Fsp3) is 0.333. The number of hydrogen-bond acceptors (Lipinski definition) is 0. The zero-order valence-corrected chi connectivity index (χ0v) is 17.5. The Bertz CT molecular complexity index is 592. The average molecular weight is 428 g/mol. The van der Waals surface area contributed by atoms with Gasteiger partial charge in [-0.2, -0.15) is 0 Å². The summed E-state index contributed by atoms with van der Waals surface area (Å²) in [6.45, 7) is 8.54. The van der Waals surface area contributed by atoms with Gasteiger partial charge in [0, 0.05) is 0 Å². The molecular formula is C18H22Cl2Sn. The van der Waals surface area contributed by atoms with Crippen molar-refractivity contribution in [3.8, 4) is 0 Å². The van der Waals surface area contributed by atoms with Crippen LogP contribution >= 0.6 is 17.8 Å². The van der Waals surface area contributed by atoms with Crippen molar-refractivity contribution in [2.45, 2.75) is 36.6 Å². The van der Waals surface area contributed by atoms with E-state index in [0.29, 0.717) is 0 Å². The summed E-state index contributed by atoms with van der Waals surface area (Å²) in [5, 5.41) is 0. The van der Waals surface area contributed by atoms with E-state index < -0.39 is 16.1 Å². The fourth-order valence-corrected chi connectivity index (χ4v) is 11.6. The van der Waals surface area contributed by atoms with E-state index in [4.69, 9.17) is 17.8 Å². The number of aryl methyl sites for hydroxylation is 4. The van der Waals surface area contributed by atoms with Crippen LogP contribution in [0.4, 0.5) is 0 Å². The van der Waals surface area contributed by atoms with Crippen molar-refractivity contribution < 1.29 is 0 Å². The Morgan fingerprint density at radius 1 is 0.667 bits per heavy atom. The average Bonchev–Trinajstić information content (AvgIpc) is 2.37. The molecule has 0 aliphatic rings. The molecule has 0 saturated carbocycles. The second kappa shape index (κ2) is 6.93. The molecule has 2 aromatic carbocycles. The van der Waals surface area contributed by atoms with Crippen LogP contribution in [-0.4, -0.2) is 16.1 Å². The Labute approximate surface area is 139 Å². The maximum absolute atomic E-state index is 6.76. The van der Waals surface area contributed by atoms with Crippen LogP contribution in [0.5, 0.6) is 0 Å². The number of benzene rings is 2. The number of rotatable bonds is 4. The van der Waals surface area contributed by atoms with Crippen molar-refractivity contribution >= 4 is 34.0 Å². The van der Waals surface area contributed by atoms with Gasteiger partial charge in [-0.15, -0.1) is 0 Å².